The molecule has 0 spiro atoms. The van der Waals surface area contributed by atoms with E-state index in [0.717, 1.165) is 18.3 Å². The third kappa shape index (κ3) is 3.07. The molecule has 0 saturated heterocycles. The molecule has 6 heteroatoms. The number of hydrogen-bond donors (Lipinski definition) is 1. The van der Waals surface area contributed by atoms with E-state index in [1.165, 1.54) is 29.6 Å². The van der Waals surface area contributed by atoms with E-state index < -0.39 is 0 Å². The van der Waals surface area contributed by atoms with Crippen LogP contribution in [0.3, 0.4) is 0 Å². The number of aryl methyl sites for hydroxylation is 1. The summed E-state index contributed by atoms with van der Waals surface area (Å²) in [7, 11) is 1.79. The lowest BCUT2D eigenvalue weighted by atomic mass is 10.1. The molecule has 20 heavy (non-hydrogen) atoms. The second-order valence-electron chi connectivity index (χ2n) is 5.58. The number of aromatic nitrogens is 5. The Labute approximate surface area is 119 Å². The monoisotopic (exact) mass is 274 g/mol. The minimum Gasteiger partial charge on any atom is -0.346 e. The number of nitrogens with zero attached hydrogens (tertiary/aromatic N) is 5. The lowest BCUT2D eigenvalue weighted by Crippen LogP contribution is -2.23. The molecule has 0 aliphatic heterocycles. The van der Waals surface area contributed by atoms with E-state index in [-0.39, 0.29) is 0 Å². The van der Waals surface area contributed by atoms with Gasteiger partial charge >= 0.3 is 0 Å². The summed E-state index contributed by atoms with van der Waals surface area (Å²) >= 11 is 0. The molecule has 108 valence electrons. The zero-order valence-electron chi connectivity index (χ0n) is 12.2. The molecular formula is C14H22N6. The molecule has 1 fully saturated rings. The first kappa shape index (κ1) is 13.3. The normalized spacial score (nSPS) is 16.5. The summed E-state index contributed by atoms with van der Waals surface area (Å²) in [6.45, 7) is 3.97. The smallest absolute Gasteiger partial charge is 0.194 e. The Morgan fingerprint density at radius 2 is 2.30 bits per heavy atom. The molecule has 0 radical (unpaired) electrons. The number of tetrazole rings is 1. The average Bonchev–Trinajstić information content (AvgIpc) is 3.03. The van der Waals surface area contributed by atoms with E-state index in [1.54, 1.807) is 7.05 Å². The first-order valence-electron chi connectivity index (χ1n) is 7.38. The van der Waals surface area contributed by atoms with Gasteiger partial charge in [0.1, 0.15) is 0 Å². The Balaban J connectivity index is 1.68. The van der Waals surface area contributed by atoms with Crippen molar-refractivity contribution in [2.24, 2.45) is 13.0 Å². The summed E-state index contributed by atoms with van der Waals surface area (Å²) in [5, 5.41) is 15.8. The summed E-state index contributed by atoms with van der Waals surface area (Å²) in [5.41, 5.74) is 1.38. The van der Waals surface area contributed by atoms with Crippen molar-refractivity contribution >= 4 is 0 Å². The Kier molecular flexibility index (Phi) is 3.82. The molecule has 1 unspecified atom stereocenters. The first-order chi connectivity index (χ1) is 9.76. The number of nitrogens with one attached hydrogen (secondary N) is 1. The van der Waals surface area contributed by atoms with E-state index in [4.69, 9.17) is 0 Å². The van der Waals surface area contributed by atoms with Gasteiger partial charge in [-0.05, 0) is 48.6 Å². The standard InChI is InChI=1S/C14H22N6/c1-3-7-15-14(11-4-5-11)12-6-8-20(9-12)10-13-16-18-19(2)17-13/h6,8-9,11,14-15H,3-5,7,10H2,1-2H3. The van der Waals surface area contributed by atoms with Gasteiger partial charge in [-0.2, -0.15) is 4.80 Å². The Morgan fingerprint density at radius 1 is 1.45 bits per heavy atom. The maximum Gasteiger partial charge on any atom is 0.194 e. The van der Waals surface area contributed by atoms with Gasteiger partial charge in [0.2, 0.25) is 0 Å². The van der Waals surface area contributed by atoms with Crippen LogP contribution in [0.5, 0.6) is 0 Å². The molecular weight excluding hydrogens is 252 g/mol. The van der Waals surface area contributed by atoms with Crippen LogP contribution in [0.25, 0.3) is 0 Å². The Hall–Kier alpha value is -1.69. The molecule has 1 N–H and O–H groups in total. The van der Waals surface area contributed by atoms with Gasteiger partial charge in [0.05, 0.1) is 13.6 Å². The highest BCUT2D eigenvalue weighted by molar-refractivity contribution is 5.18. The summed E-state index contributed by atoms with van der Waals surface area (Å²) in [6.07, 6.45) is 8.18. The van der Waals surface area contributed by atoms with Gasteiger partial charge in [-0.25, -0.2) is 0 Å². The van der Waals surface area contributed by atoms with Crippen LogP contribution in [0.2, 0.25) is 0 Å². The zero-order valence-corrected chi connectivity index (χ0v) is 12.2. The van der Waals surface area contributed by atoms with Crippen molar-refractivity contribution in [2.75, 3.05) is 6.54 Å². The molecule has 2 aromatic rings. The van der Waals surface area contributed by atoms with Crippen molar-refractivity contribution in [3.05, 3.63) is 29.8 Å². The summed E-state index contributed by atoms with van der Waals surface area (Å²) in [4.78, 5) is 1.50. The van der Waals surface area contributed by atoms with Crippen molar-refractivity contribution in [3.63, 3.8) is 0 Å². The van der Waals surface area contributed by atoms with Crippen molar-refractivity contribution < 1.29 is 0 Å². The van der Waals surface area contributed by atoms with Gasteiger partial charge in [0.25, 0.3) is 0 Å². The van der Waals surface area contributed by atoms with Crippen LogP contribution in [0, 0.1) is 5.92 Å². The van der Waals surface area contributed by atoms with E-state index in [1.807, 2.05) is 0 Å². The zero-order chi connectivity index (χ0) is 13.9. The lowest BCUT2D eigenvalue weighted by Gasteiger charge is -2.16. The van der Waals surface area contributed by atoms with E-state index in [0.29, 0.717) is 12.6 Å². The first-order valence-corrected chi connectivity index (χ1v) is 7.38. The van der Waals surface area contributed by atoms with Gasteiger partial charge in [0, 0.05) is 18.4 Å². The van der Waals surface area contributed by atoms with Crippen molar-refractivity contribution in [1.29, 1.82) is 0 Å². The fraction of sp³-hybridized carbons (Fsp3) is 0.643. The maximum absolute atomic E-state index is 4.22. The molecule has 1 aliphatic rings. The van der Waals surface area contributed by atoms with Crippen LogP contribution in [-0.4, -0.2) is 31.3 Å². The largest absolute Gasteiger partial charge is 0.346 e. The van der Waals surface area contributed by atoms with Crippen molar-refractivity contribution in [1.82, 2.24) is 30.1 Å². The van der Waals surface area contributed by atoms with Crippen LogP contribution in [0.4, 0.5) is 0 Å². The average molecular weight is 274 g/mol. The minimum atomic E-state index is 0.506. The Morgan fingerprint density at radius 3 is 2.95 bits per heavy atom. The molecule has 2 aromatic heterocycles. The quantitative estimate of drug-likeness (QED) is 0.831. The maximum atomic E-state index is 4.22. The molecule has 2 heterocycles. The van der Waals surface area contributed by atoms with Crippen molar-refractivity contribution in [2.45, 2.75) is 38.8 Å². The van der Waals surface area contributed by atoms with E-state index in [2.05, 4.69) is 50.7 Å². The minimum absolute atomic E-state index is 0.506. The van der Waals surface area contributed by atoms with E-state index >= 15 is 0 Å². The fourth-order valence-corrected chi connectivity index (χ4v) is 2.58. The number of hydrogen-bond acceptors (Lipinski definition) is 4. The van der Waals surface area contributed by atoms with Crippen LogP contribution < -0.4 is 5.32 Å². The van der Waals surface area contributed by atoms with Crippen LogP contribution in [0.15, 0.2) is 18.5 Å². The second-order valence-corrected chi connectivity index (χ2v) is 5.58. The predicted octanol–water partition coefficient (Wildman–Crippen LogP) is 1.51. The molecule has 0 amide bonds. The predicted molar refractivity (Wildman–Crippen MR) is 76.1 cm³/mol. The van der Waals surface area contributed by atoms with E-state index in [9.17, 15) is 0 Å². The Bertz CT molecular complexity index is 554. The summed E-state index contributed by atoms with van der Waals surface area (Å²) < 4.78 is 2.13. The third-order valence-corrected chi connectivity index (χ3v) is 3.71. The summed E-state index contributed by atoms with van der Waals surface area (Å²) in [5.74, 6) is 1.56. The summed E-state index contributed by atoms with van der Waals surface area (Å²) in [6, 6.07) is 2.72. The molecule has 1 aliphatic carbocycles. The SMILES string of the molecule is CCCNC(c1ccn(Cc2nnn(C)n2)c1)C1CC1. The third-order valence-electron chi connectivity index (χ3n) is 3.71. The highest BCUT2D eigenvalue weighted by Gasteiger charge is 2.32. The molecule has 6 nitrogen and oxygen atoms in total. The molecule has 1 saturated carbocycles. The highest BCUT2D eigenvalue weighted by Crippen LogP contribution is 2.41. The van der Waals surface area contributed by atoms with Gasteiger partial charge in [0.15, 0.2) is 5.82 Å². The molecule has 1 atom stereocenters. The molecule has 0 aromatic carbocycles. The van der Waals surface area contributed by atoms with Gasteiger partial charge < -0.3 is 9.88 Å². The second kappa shape index (κ2) is 5.75. The molecule has 3 rings (SSSR count). The van der Waals surface area contributed by atoms with Crippen LogP contribution >= 0.6 is 0 Å². The van der Waals surface area contributed by atoms with Gasteiger partial charge in [-0.15, -0.1) is 10.2 Å². The van der Waals surface area contributed by atoms with Crippen LogP contribution in [-0.2, 0) is 13.6 Å². The topological polar surface area (TPSA) is 60.6 Å². The highest BCUT2D eigenvalue weighted by atomic mass is 15.6. The lowest BCUT2D eigenvalue weighted by molar-refractivity contribution is 0.480. The fourth-order valence-electron chi connectivity index (χ4n) is 2.58. The van der Waals surface area contributed by atoms with Crippen LogP contribution in [0.1, 0.15) is 43.6 Å². The van der Waals surface area contributed by atoms with Crippen molar-refractivity contribution in [3.8, 4) is 0 Å². The number of rotatable bonds is 7. The molecule has 0 bridgehead atoms. The van der Waals surface area contributed by atoms with Gasteiger partial charge in [-0.1, -0.05) is 6.92 Å². The van der Waals surface area contributed by atoms with Gasteiger partial charge in [-0.3, -0.25) is 0 Å².